The number of hydrogen-bond acceptors (Lipinski definition) is 4. The molecule has 0 atom stereocenters. The molecule has 0 unspecified atom stereocenters. The first-order valence-electron chi connectivity index (χ1n) is 12.6. The second-order valence-electron chi connectivity index (χ2n) is 10.6. The van der Waals surface area contributed by atoms with Crippen LogP contribution in [0.3, 0.4) is 0 Å². The van der Waals surface area contributed by atoms with E-state index in [1.165, 1.54) is 11.1 Å². The van der Waals surface area contributed by atoms with Gasteiger partial charge in [0.2, 0.25) is 0 Å². The first-order valence-corrected chi connectivity index (χ1v) is 12.6. The highest BCUT2D eigenvalue weighted by Gasteiger charge is 2.18. The second-order valence-corrected chi connectivity index (χ2v) is 10.6. The van der Waals surface area contributed by atoms with Gasteiger partial charge in [0.05, 0.1) is 5.56 Å². The lowest BCUT2D eigenvalue weighted by Crippen LogP contribution is -2.37. The third-order valence-electron chi connectivity index (χ3n) is 6.52. The van der Waals surface area contributed by atoms with Crippen molar-refractivity contribution in [1.82, 2.24) is 9.80 Å². The van der Waals surface area contributed by atoms with Crippen molar-refractivity contribution in [3.63, 3.8) is 0 Å². The van der Waals surface area contributed by atoms with Crippen LogP contribution in [0.25, 0.3) is 17.2 Å². The molecule has 0 aliphatic carbocycles. The Morgan fingerprint density at radius 1 is 0.944 bits per heavy atom. The van der Waals surface area contributed by atoms with Gasteiger partial charge in [0.15, 0.2) is 5.78 Å². The van der Waals surface area contributed by atoms with E-state index in [9.17, 15) is 4.79 Å². The van der Waals surface area contributed by atoms with E-state index >= 15 is 0 Å². The summed E-state index contributed by atoms with van der Waals surface area (Å²) in [6.07, 6.45) is 3.60. The topological polar surface area (TPSA) is 32.8 Å². The van der Waals surface area contributed by atoms with Crippen LogP contribution in [0.4, 0.5) is 0 Å². The fourth-order valence-electron chi connectivity index (χ4n) is 3.84. The van der Waals surface area contributed by atoms with Crippen molar-refractivity contribution in [3.8, 4) is 16.9 Å². The number of benzene rings is 3. The average Bonchev–Trinajstić information content (AvgIpc) is 2.83. The molecule has 3 rings (SSSR count). The molecule has 0 heterocycles. The zero-order valence-electron chi connectivity index (χ0n) is 22.8. The molecule has 190 valence electrons. The van der Waals surface area contributed by atoms with E-state index in [1.807, 2.05) is 62.6 Å². The Hall–Kier alpha value is -3.21. The van der Waals surface area contributed by atoms with Crippen LogP contribution in [0, 0.1) is 6.92 Å². The van der Waals surface area contributed by atoms with Gasteiger partial charge in [-0.3, -0.25) is 9.69 Å². The Labute approximate surface area is 217 Å². The monoisotopic (exact) mass is 484 g/mol. The molecule has 0 saturated heterocycles. The van der Waals surface area contributed by atoms with Crippen molar-refractivity contribution < 1.29 is 9.53 Å². The van der Waals surface area contributed by atoms with Crippen LogP contribution in [0.1, 0.15) is 47.8 Å². The molecule has 0 saturated carbocycles. The number of ketones is 1. The maximum Gasteiger partial charge on any atom is 0.189 e. The summed E-state index contributed by atoms with van der Waals surface area (Å²) in [5.74, 6) is 0.550. The molecule has 36 heavy (non-hydrogen) atoms. The van der Waals surface area contributed by atoms with Crippen LogP contribution in [-0.2, 0) is 6.54 Å². The number of carbonyl (C=O) groups excluding carboxylic acids is 1. The number of ether oxygens (including phenoxy) is 1. The number of hydrogen-bond donors (Lipinski definition) is 0. The number of allylic oxidation sites excluding steroid dienone is 1. The van der Waals surface area contributed by atoms with Crippen LogP contribution in [0.5, 0.6) is 5.75 Å². The molecule has 0 fully saturated rings. The molecule has 0 aliphatic rings. The highest BCUT2D eigenvalue weighted by Crippen LogP contribution is 2.30. The van der Waals surface area contributed by atoms with Crippen LogP contribution < -0.4 is 4.74 Å². The van der Waals surface area contributed by atoms with E-state index in [2.05, 4.69) is 68.8 Å². The van der Waals surface area contributed by atoms with Crippen LogP contribution in [-0.4, -0.2) is 55.4 Å². The molecule has 0 radical (unpaired) electrons. The van der Waals surface area contributed by atoms with E-state index in [-0.39, 0.29) is 11.3 Å². The molecule has 3 aromatic rings. The molecule has 4 nitrogen and oxygen atoms in total. The number of carbonyl (C=O) groups is 1. The smallest absolute Gasteiger partial charge is 0.189 e. The van der Waals surface area contributed by atoms with Gasteiger partial charge in [-0.25, -0.2) is 0 Å². The summed E-state index contributed by atoms with van der Waals surface area (Å²) in [5, 5.41) is 0. The van der Waals surface area contributed by atoms with Crippen molar-refractivity contribution in [3.05, 3.63) is 95.1 Å². The summed E-state index contributed by atoms with van der Waals surface area (Å²) in [6, 6.07) is 22.4. The minimum absolute atomic E-state index is 0.0570. The van der Waals surface area contributed by atoms with Crippen molar-refractivity contribution in [2.45, 2.75) is 39.8 Å². The lowest BCUT2D eigenvalue weighted by Gasteiger charge is -2.32. The van der Waals surface area contributed by atoms with Gasteiger partial charge in [0.25, 0.3) is 0 Å². The lowest BCUT2D eigenvalue weighted by atomic mass is 9.96. The summed E-state index contributed by atoms with van der Waals surface area (Å²) in [4.78, 5) is 17.9. The number of likely N-dealkylation sites (N-methyl/N-ethyl adjacent to an activating group) is 1. The molecular weight excluding hydrogens is 444 g/mol. The zero-order chi connectivity index (χ0) is 26.3. The fraction of sp³-hybridized carbons (Fsp3) is 0.344. The van der Waals surface area contributed by atoms with Crippen LogP contribution in [0.15, 0.2) is 72.8 Å². The fourth-order valence-corrected chi connectivity index (χ4v) is 3.84. The van der Waals surface area contributed by atoms with Gasteiger partial charge >= 0.3 is 0 Å². The first-order chi connectivity index (χ1) is 17.1. The van der Waals surface area contributed by atoms with E-state index in [0.717, 1.165) is 29.8 Å². The molecule has 4 heteroatoms. The van der Waals surface area contributed by atoms with Gasteiger partial charge in [-0.15, -0.1) is 0 Å². The van der Waals surface area contributed by atoms with E-state index < -0.39 is 0 Å². The predicted octanol–water partition coefficient (Wildman–Crippen LogP) is 6.73. The second kappa shape index (κ2) is 12.2. The summed E-state index contributed by atoms with van der Waals surface area (Å²) in [5.41, 5.74) is 6.17. The molecule has 0 aliphatic heterocycles. The zero-order valence-corrected chi connectivity index (χ0v) is 22.8. The van der Waals surface area contributed by atoms with Gasteiger partial charge in [-0.05, 0) is 94.9 Å². The van der Waals surface area contributed by atoms with Crippen molar-refractivity contribution >= 4 is 11.9 Å². The molecule has 0 N–H and O–H groups in total. The summed E-state index contributed by atoms with van der Waals surface area (Å²) in [7, 11) is 6.14. The van der Waals surface area contributed by atoms with Crippen molar-refractivity contribution in [1.29, 1.82) is 0 Å². The summed E-state index contributed by atoms with van der Waals surface area (Å²) >= 11 is 0. The minimum Gasteiger partial charge on any atom is -0.491 e. The quantitative estimate of drug-likeness (QED) is 0.236. The molecule has 0 bridgehead atoms. The number of aryl methyl sites for hydroxylation is 1. The highest BCUT2D eigenvalue weighted by atomic mass is 16.5. The molecule has 0 spiro atoms. The van der Waals surface area contributed by atoms with Crippen LogP contribution >= 0.6 is 0 Å². The summed E-state index contributed by atoms with van der Waals surface area (Å²) < 4.78 is 6.05. The molecule has 0 amide bonds. The van der Waals surface area contributed by atoms with E-state index in [1.54, 1.807) is 6.08 Å². The van der Waals surface area contributed by atoms with Gasteiger partial charge in [0.1, 0.15) is 12.4 Å². The Morgan fingerprint density at radius 3 is 2.33 bits per heavy atom. The Morgan fingerprint density at radius 2 is 1.64 bits per heavy atom. The number of rotatable bonds is 10. The standard InChI is InChI=1S/C32H40N2O2/c1-24-12-8-11-15-28(24)26-17-19-31(36-21-20-33(5)6)29(22-26)30(35)18-16-25-13-9-10-14-27(25)23-34(7)32(2,3)4/h8-19,22H,20-21,23H2,1-7H3. The minimum atomic E-state index is -0.0655. The normalized spacial score (nSPS) is 12.0. The van der Waals surface area contributed by atoms with Gasteiger partial charge in [-0.2, -0.15) is 0 Å². The Bertz CT molecular complexity index is 1200. The van der Waals surface area contributed by atoms with E-state index in [0.29, 0.717) is 17.9 Å². The maximum atomic E-state index is 13.5. The highest BCUT2D eigenvalue weighted by molar-refractivity contribution is 6.09. The average molecular weight is 485 g/mol. The van der Waals surface area contributed by atoms with E-state index in [4.69, 9.17) is 4.74 Å². The maximum absolute atomic E-state index is 13.5. The largest absolute Gasteiger partial charge is 0.491 e. The molecule has 3 aromatic carbocycles. The van der Waals surface area contributed by atoms with Gasteiger partial charge in [0, 0.05) is 18.6 Å². The summed E-state index contributed by atoms with van der Waals surface area (Å²) in [6.45, 7) is 10.8. The molecule has 0 aromatic heterocycles. The first kappa shape index (κ1) is 27.4. The SMILES string of the molecule is Cc1ccccc1-c1ccc(OCCN(C)C)c(C(=O)C=Cc2ccccc2CN(C)C(C)(C)C)c1. The Kier molecular flexibility index (Phi) is 9.25. The third kappa shape index (κ3) is 7.39. The molecular formula is C32H40N2O2. The lowest BCUT2D eigenvalue weighted by molar-refractivity contribution is 0.104. The van der Waals surface area contributed by atoms with Gasteiger partial charge in [-0.1, -0.05) is 60.7 Å². The number of nitrogens with zero attached hydrogens (tertiary/aromatic N) is 2. The predicted molar refractivity (Wildman–Crippen MR) is 152 cm³/mol. The van der Waals surface area contributed by atoms with Crippen LogP contribution in [0.2, 0.25) is 0 Å². The van der Waals surface area contributed by atoms with Crippen molar-refractivity contribution in [2.24, 2.45) is 0 Å². The van der Waals surface area contributed by atoms with Gasteiger partial charge < -0.3 is 9.64 Å². The third-order valence-corrected chi connectivity index (χ3v) is 6.52. The Balaban J connectivity index is 1.93. The van der Waals surface area contributed by atoms with Crippen molar-refractivity contribution in [2.75, 3.05) is 34.3 Å².